The average molecular weight is 521 g/mol. The first-order valence-corrected chi connectivity index (χ1v) is 13.6. The molecule has 3 aliphatic rings. The summed E-state index contributed by atoms with van der Waals surface area (Å²) in [7, 11) is 0. The molecule has 2 saturated heterocycles. The highest BCUT2D eigenvalue weighted by molar-refractivity contribution is 6.30. The van der Waals surface area contributed by atoms with Crippen LogP contribution in [0.4, 0.5) is 0 Å². The van der Waals surface area contributed by atoms with Gasteiger partial charge in [0.1, 0.15) is 12.4 Å². The van der Waals surface area contributed by atoms with E-state index in [1.807, 2.05) is 38.1 Å². The Hall–Kier alpha value is -2.74. The molecule has 8 heteroatoms. The van der Waals surface area contributed by atoms with E-state index >= 15 is 0 Å². The number of ether oxygens (including phenoxy) is 1. The van der Waals surface area contributed by atoms with Crippen molar-refractivity contribution in [1.82, 2.24) is 19.8 Å². The molecule has 0 unspecified atom stereocenters. The summed E-state index contributed by atoms with van der Waals surface area (Å²) in [6.45, 7) is 9.07. The van der Waals surface area contributed by atoms with Gasteiger partial charge in [-0.15, -0.1) is 0 Å². The average Bonchev–Trinajstić information content (AvgIpc) is 2.77. The predicted octanol–water partition coefficient (Wildman–Crippen LogP) is 4.07. The van der Waals surface area contributed by atoms with Crippen LogP contribution < -0.4 is 10.9 Å². The zero-order valence-electron chi connectivity index (χ0n) is 21.4. The Morgan fingerprint density at radius 1 is 1.19 bits per heavy atom. The summed E-state index contributed by atoms with van der Waals surface area (Å²) < 4.78 is 6.87. The highest BCUT2D eigenvalue weighted by Crippen LogP contribution is 2.45. The van der Waals surface area contributed by atoms with Gasteiger partial charge in [-0.05, 0) is 68.4 Å². The third kappa shape index (κ3) is 4.80. The maximum absolute atomic E-state index is 13.8. The molecule has 194 valence electrons. The van der Waals surface area contributed by atoms with E-state index in [0.29, 0.717) is 44.6 Å². The van der Waals surface area contributed by atoms with Gasteiger partial charge in [0, 0.05) is 41.7 Å². The molecule has 1 N–H and O–H groups in total. The molecule has 3 aromatic rings. The third-order valence-corrected chi connectivity index (χ3v) is 8.21. The van der Waals surface area contributed by atoms with E-state index in [9.17, 15) is 9.59 Å². The number of carbonyl (C=O) groups is 1. The molecule has 37 heavy (non-hydrogen) atoms. The minimum Gasteiger partial charge on any atom is -0.380 e. The molecular formula is C29H33ClN4O3. The van der Waals surface area contributed by atoms with E-state index in [2.05, 4.69) is 16.3 Å². The Balaban J connectivity index is 1.25. The number of halogens is 1. The van der Waals surface area contributed by atoms with Crippen LogP contribution in [0.2, 0.25) is 5.02 Å². The van der Waals surface area contributed by atoms with Crippen molar-refractivity contribution in [2.45, 2.75) is 45.2 Å². The molecule has 0 bridgehead atoms. The summed E-state index contributed by atoms with van der Waals surface area (Å²) >= 11 is 6.24. The van der Waals surface area contributed by atoms with Crippen molar-refractivity contribution in [2.75, 3.05) is 32.8 Å². The van der Waals surface area contributed by atoms with E-state index in [-0.39, 0.29) is 24.1 Å². The molecule has 2 aliphatic heterocycles. The lowest BCUT2D eigenvalue weighted by Crippen LogP contribution is -2.66. The number of aromatic nitrogens is 2. The zero-order valence-corrected chi connectivity index (χ0v) is 22.1. The van der Waals surface area contributed by atoms with Crippen LogP contribution in [0.5, 0.6) is 0 Å². The first kappa shape index (κ1) is 24.6. The SMILES string of the molecule is CC(C)NC(=O)Cn1c(-c2cccc(Cl)c2)nc2ccc(C3CC(CN4CC5(COC5)C4)C3)cc2c1=O. The van der Waals surface area contributed by atoms with E-state index < -0.39 is 0 Å². The summed E-state index contributed by atoms with van der Waals surface area (Å²) in [4.78, 5) is 33.8. The van der Waals surface area contributed by atoms with Crippen LogP contribution >= 0.6 is 11.6 Å². The van der Waals surface area contributed by atoms with Crippen molar-refractivity contribution in [3.05, 3.63) is 63.4 Å². The number of nitrogens with one attached hydrogen (secondary N) is 1. The minimum absolute atomic E-state index is 0.0201. The van der Waals surface area contributed by atoms with Gasteiger partial charge in [-0.1, -0.05) is 29.8 Å². The quantitative estimate of drug-likeness (QED) is 0.508. The standard InChI is InChI=1S/C29H33ClN4O3/c1-18(2)31-26(35)13-34-27(21-4-3-5-23(30)10-21)32-25-7-6-20(11-24(25)28(34)36)22-8-19(9-22)12-33-14-29(15-33)16-37-17-29/h3-7,10-11,18-19,22H,8-9,12-17H2,1-2H3,(H,31,35). The van der Waals surface area contributed by atoms with Crippen LogP contribution in [0.3, 0.4) is 0 Å². The molecule has 1 aliphatic carbocycles. The third-order valence-electron chi connectivity index (χ3n) is 7.97. The lowest BCUT2D eigenvalue weighted by atomic mass is 9.69. The van der Waals surface area contributed by atoms with Crippen molar-refractivity contribution in [2.24, 2.45) is 11.3 Å². The fraction of sp³-hybridized carbons (Fsp3) is 0.483. The van der Waals surface area contributed by atoms with Gasteiger partial charge in [0.25, 0.3) is 5.56 Å². The molecule has 7 nitrogen and oxygen atoms in total. The lowest BCUT2D eigenvalue weighted by Gasteiger charge is -2.56. The molecule has 6 rings (SSSR count). The summed E-state index contributed by atoms with van der Waals surface area (Å²) in [5, 5.41) is 3.99. The van der Waals surface area contributed by atoms with Crippen LogP contribution in [0.1, 0.15) is 38.2 Å². The van der Waals surface area contributed by atoms with Crippen LogP contribution in [-0.2, 0) is 16.1 Å². The molecule has 3 heterocycles. The van der Waals surface area contributed by atoms with Gasteiger partial charge in [0.05, 0.1) is 24.1 Å². The highest BCUT2D eigenvalue weighted by atomic mass is 35.5. The van der Waals surface area contributed by atoms with Gasteiger partial charge in [-0.2, -0.15) is 0 Å². The molecule has 1 aromatic heterocycles. The maximum Gasteiger partial charge on any atom is 0.262 e. The fourth-order valence-corrected chi connectivity index (χ4v) is 6.32. The molecule has 0 radical (unpaired) electrons. The van der Waals surface area contributed by atoms with Gasteiger partial charge in [0.15, 0.2) is 0 Å². The molecule has 0 atom stereocenters. The smallest absolute Gasteiger partial charge is 0.262 e. The molecule has 1 spiro atoms. The Bertz CT molecular complexity index is 1400. The minimum atomic E-state index is -0.222. The molecule has 3 fully saturated rings. The highest BCUT2D eigenvalue weighted by Gasteiger charge is 2.49. The van der Waals surface area contributed by atoms with Crippen LogP contribution in [-0.4, -0.2) is 59.2 Å². The van der Waals surface area contributed by atoms with Crippen LogP contribution in [0.15, 0.2) is 47.3 Å². The van der Waals surface area contributed by atoms with E-state index in [4.69, 9.17) is 21.3 Å². The number of hydrogen-bond donors (Lipinski definition) is 1. The molecule has 2 aromatic carbocycles. The number of benzene rings is 2. The van der Waals surface area contributed by atoms with Crippen LogP contribution in [0, 0.1) is 11.3 Å². The van der Waals surface area contributed by atoms with Crippen molar-refractivity contribution in [3.8, 4) is 11.4 Å². The molecular weight excluding hydrogens is 488 g/mol. The van der Waals surface area contributed by atoms with Crippen molar-refractivity contribution in [3.63, 3.8) is 0 Å². The normalized spacial score (nSPS) is 22.5. The van der Waals surface area contributed by atoms with Gasteiger partial charge in [-0.3, -0.25) is 14.2 Å². The number of fused-ring (bicyclic) bond motifs is 1. The predicted molar refractivity (Wildman–Crippen MR) is 145 cm³/mol. The zero-order chi connectivity index (χ0) is 25.7. The summed E-state index contributed by atoms with van der Waals surface area (Å²) in [6, 6.07) is 13.3. The number of carbonyl (C=O) groups excluding carboxylic acids is 1. The monoisotopic (exact) mass is 520 g/mol. The topological polar surface area (TPSA) is 76.5 Å². The van der Waals surface area contributed by atoms with Crippen molar-refractivity contribution in [1.29, 1.82) is 0 Å². The molecule has 1 amide bonds. The second-order valence-electron chi connectivity index (χ2n) is 11.5. The first-order chi connectivity index (χ1) is 17.8. The Labute approximate surface area is 221 Å². The Morgan fingerprint density at radius 3 is 2.65 bits per heavy atom. The van der Waals surface area contributed by atoms with E-state index in [0.717, 1.165) is 32.6 Å². The number of hydrogen-bond acceptors (Lipinski definition) is 5. The Morgan fingerprint density at radius 2 is 1.97 bits per heavy atom. The number of rotatable bonds is 7. The van der Waals surface area contributed by atoms with Crippen molar-refractivity contribution >= 4 is 28.4 Å². The van der Waals surface area contributed by atoms with Crippen molar-refractivity contribution < 1.29 is 9.53 Å². The van der Waals surface area contributed by atoms with E-state index in [1.54, 1.807) is 12.1 Å². The number of amides is 1. The first-order valence-electron chi connectivity index (χ1n) is 13.2. The number of likely N-dealkylation sites (tertiary alicyclic amines) is 1. The lowest BCUT2D eigenvalue weighted by molar-refractivity contribution is -0.192. The largest absolute Gasteiger partial charge is 0.380 e. The Kier molecular flexibility index (Phi) is 6.33. The fourth-order valence-electron chi connectivity index (χ4n) is 6.13. The second kappa shape index (κ2) is 9.53. The van der Waals surface area contributed by atoms with Gasteiger partial charge >= 0.3 is 0 Å². The van der Waals surface area contributed by atoms with Gasteiger partial charge in [0.2, 0.25) is 5.91 Å². The summed E-state index contributed by atoms with van der Waals surface area (Å²) in [5.74, 6) is 1.39. The summed E-state index contributed by atoms with van der Waals surface area (Å²) in [6.07, 6.45) is 2.29. The van der Waals surface area contributed by atoms with Gasteiger partial charge < -0.3 is 15.0 Å². The van der Waals surface area contributed by atoms with E-state index in [1.165, 1.54) is 23.2 Å². The van der Waals surface area contributed by atoms with Crippen LogP contribution in [0.25, 0.3) is 22.3 Å². The van der Waals surface area contributed by atoms with Gasteiger partial charge in [-0.25, -0.2) is 4.98 Å². The second-order valence-corrected chi connectivity index (χ2v) is 12.0. The molecule has 1 saturated carbocycles. The maximum atomic E-state index is 13.8. The number of nitrogens with zero attached hydrogens (tertiary/aromatic N) is 3. The summed E-state index contributed by atoms with van der Waals surface area (Å²) in [5.41, 5.74) is 2.78.